The molecule has 0 spiro atoms. The molecule has 2 amide bonds. The number of nitrogens with zero attached hydrogens (tertiary/aromatic N) is 1. The zero-order valence-corrected chi connectivity index (χ0v) is 13.9. The fourth-order valence-corrected chi connectivity index (χ4v) is 3.13. The summed E-state index contributed by atoms with van der Waals surface area (Å²) in [5.41, 5.74) is 1.15. The molecule has 1 atom stereocenters. The van der Waals surface area contributed by atoms with Gasteiger partial charge in [0.2, 0.25) is 0 Å². The average Bonchev–Trinajstić information content (AvgIpc) is 2.60. The van der Waals surface area contributed by atoms with Crippen molar-refractivity contribution in [3.05, 3.63) is 35.9 Å². The lowest BCUT2D eigenvalue weighted by atomic mass is 9.96. The van der Waals surface area contributed by atoms with Crippen LogP contribution in [-0.2, 0) is 4.74 Å². The van der Waals surface area contributed by atoms with Crippen molar-refractivity contribution in [2.75, 3.05) is 40.0 Å². The zero-order valence-electron chi connectivity index (χ0n) is 13.9. The summed E-state index contributed by atoms with van der Waals surface area (Å²) >= 11 is 0. The Hall–Kier alpha value is -1.59. The third kappa shape index (κ3) is 5.52. The van der Waals surface area contributed by atoms with Crippen LogP contribution < -0.4 is 5.32 Å². The maximum absolute atomic E-state index is 12.3. The van der Waals surface area contributed by atoms with E-state index in [2.05, 4.69) is 5.32 Å². The predicted octanol–water partition coefficient (Wildman–Crippen LogP) is 2.22. The Balaban J connectivity index is 1.80. The number of amides is 2. The molecule has 0 aliphatic carbocycles. The van der Waals surface area contributed by atoms with Crippen LogP contribution in [0.15, 0.2) is 30.3 Å². The minimum atomic E-state index is -0.000243. The maximum atomic E-state index is 12.3. The Kier molecular flexibility index (Phi) is 7.36. The van der Waals surface area contributed by atoms with Crippen LogP contribution in [-0.4, -0.2) is 56.0 Å². The van der Waals surface area contributed by atoms with E-state index in [0.717, 1.165) is 38.1 Å². The quantitative estimate of drug-likeness (QED) is 0.810. The summed E-state index contributed by atoms with van der Waals surface area (Å²) in [5.74, 6) is 0.715. The van der Waals surface area contributed by atoms with E-state index in [0.29, 0.717) is 18.9 Å². The van der Waals surface area contributed by atoms with Gasteiger partial charge in [0, 0.05) is 45.9 Å². The molecule has 0 aromatic heterocycles. The molecular weight excluding hydrogens is 292 g/mol. The van der Waals surface area contributed by atoms with Gasteiger partial charge >= 0.3 is 6.03 Å². The minimum Gasteiger partial charge on any atom is -0.396 e. The Labute approximate surface area is 138 Å². The van der Waals surface area contributed by atoms with Crippen molar-refractivity contribution >= 4 is 6.03 Å². The highest BCUT2D eigenvalue weighted by atomic mass is 16.5. The molecule has 1 saturated heterocycles. The molecule has 23 heavy (non-hydrogen) atoms. The number of carbonyl (C=O) groups excluding carboxylic acids is 1. The number of carbonyl (C=O) groups is 1. The number of piperidine rings is 1. The van der Waals surface area contributed by atoms with Crippen LogP contribution in [0, 0.1) is 5.92 Å². The van der Waals surface area contributed by atoms with Gasteiger partial charge in [0.1, 0.15) is 0 Å². The topological polar surface area (TPSA) is 61.8 Å². The summed E-state index contributed by atoms with van der Waals surface area (Å²) in [6.07, 6.45) is 2.65. The molecule has 0 bridgehead atoms. The molecule has 5 heteroatoms. The van der Waals surface area contributed by atoms with Crippen molar-refractivity contribution in [3.63, 3.8) is 0 Å². The highest BCUT2D eigenvalue weighted by Gasteiger charge is 2.23. The van der Waals surface area contributed by atoms with Gasteiger partial charge in [-0.05, 0) is 30.7 Å². The van der Waals surface area contributed by atoms with Crippen molar-refractivity contribution in [1.29, 1.82) is 0 Å². The Bertz CT molecular complexity index is 459. The normalized spacial score (nSPS) is 17.0. The van der Waals surface area contributed by atoms with Crippen molar-refractivity contribution in [2.45, 2.75) is 25.2 Å². The molecule has 1 aromatic carbocycles. The van der Waals surface area contributed by atoms with E-state index in [1.807, 2.05) is 35.2 Å². The number of hydrogen-bond acceptors (Lipinski definition) is 3. The van der Waals surface area contributed by atoms with Crippen LogP contribution in [0.2, 0.25) is 0 Å². The number of urea groups is 1. The van der Waals surface area contributed by atoms with E-state index in [9.17, 15) is 9.90 Å². The molecule has 1 aromatic rings. The van der Waals surface area contributed by atoms with Crippen LogP contribution in [0.1, 0.15) is 30.7 Å². The lowest BCUT2D eigenvalue weighted by molar-refractivity contribution is 0.107. The smallest absolute Gasteiger partial charge is 0.317 e. The third-order valence-electron chi connectivity index (χ3n) is 4.55. The second kappa shape index (κ2) is 9.53. The van der Waals surface area contributed by atoms with Gasteiger partial charge in [0.05, 0.1) is 0 Å². The molecule has 0 saturated carbocycles. The van der Waals surface area contributed by atoms with E-state index < -0.39 is 0 Å². The molecule has 0 radical (unpaired) electrons. The molecule has 1 aliphatic heterocycles. The van der Waals surface area contributed by atoms with Gasteiger partial charge in [-0.1, -0.05) is 30.3 Å². The van der Waals surface area contributed by atoms with Gasteiger partial charge in [-0.2, -0.15) is 0 Å². The molecule has 128 valence electrons. The number of rotatable bonds is 7. The van der Waals surface area contributed by atoms with Gasteiger partial charge in [0.15, 0.2) is 0 Å². The van der Waals surface area contributed by atoms with Crippen LogP contribution in [0.25, 0.3) is 0 Å². The van der Waals surface area contributed by atoms with Crippen molar-refractivity contribution < 1.29 is 14.6 Å². The van der Waals surface area contributed by atoms with E-state index in [1.165, 1.54) is 0 Å². The summed E-state index contributed by atoms with van der Waals surface area (Å²) in [6, 6.07) is 10.0. The van der Waals surface area contributed by atoms with Crippen molar-refractivity contribution in [3.8, 4) is 0 Å². The number of methoxy groups -OCH3 is 1. The molecule has 1 unspecified atom stereocenters. The maximum Gasteiger partial charge on any atom is 0.317 e. The first kappa shape index (κ1) is 17.8. The molecule has 1 heterocycles. The van der Waals surface area contributed by atoms with E-state index in [4.69, 9.17) is 4.74 Å². The second-order valence-corrected chi connectivity index (χ2v) is 6.19. The monoisotopic (exact) mass is 320 g/mol. The highest BCUT2D eigenvalue weighted by Crippen LogP contribution is 2.19. The summed E-state index contributed by atoms with van der Waals surface area (Å²) in [7, 11) is 1.73. The lowest BCUT2D eigenvalue weighted by Crippen LogP contribution is -2.46. The van der Waals surface area contributed by atoms with Crippen molar-refractivity contribution in [1.82, 2.24) is 10.2 Å². The third-order valence-corrected chi connectivity index (χ3v) is 4.55. The number of nitrogens with one attached hydrogen (secondary N) is 1. The molecular formula is C18H28N2O3. The number of benzene rings is 1. The standard InChI is InChI=1S/C18H28N2O3/c1-23-14-15-7-10-20(11-8-15)18(22)19-13-17(9-12-21)16-5-3-2-4-6-16/h2-6,15,17,21H,7-14H2,1H3,(H,19,22). The average molecular weight is 320 g/mol. The first-order chi connectivity index (χ1) is 11.2. The number of hydrogen-bond donors (Lipinski definition) is 2. The minimum absolute atomic E-state index is 0.000243. The van der Waals surface area contributed by atoms with E-state index in [-0.39, 0.29) is 18.6 Å². The molecule has 2 rings (SSSR count). The van der Waals surface area contributed by atoms with Gasteiger partial charge in [0.25, 0.3) is 0 Å². The predicted molar refractivity (Wildman–Crippen MR) is 90.5 cm³/mol. The first-order valence-corrected chi connectivity index (χ1v) is 8.42. The number of likely N-dealkylation sites (tertiary alicyclic amines) is 1. The fourth-order valence-electron chi connectivity index (χ4n) is 3.13. The van der Waals surface area contributed by atoms with Crippen LogP contribution >= 0.6 is 0 Å². The zero-order chi connectivity index (χ0) is 16.5. The fraction of sp³-hybridized carbons (Fsp3) is 0.611. The van der Waals surface area contributed by atoms with Crippen LogP contribution in [0.3, 0.4) is 0 Å². The number of aliphatic hydroxyl groups excluding tert-OH is 1. The SMILES string of the molecule is COCC1CCN(C(=O)NCC(CCO)c2ccccc2)CC1. The summed E-state index contributed by atoms with van der Waals surface area (Å²) < 4.78 is 5.19. The van der Waals surface area contributed by atoms with E-state index in [1.54, 1.807) is 7.11 Å². The summed E-state index contributed by atoms with van der Waals surface area (Å²) in [6.45, 7) is 3.03. The first-order valence-electron chi connectivity index (χ1n) is 8.42. The molecule has 5 nitrogen and oxygen atoms in total. The Morgan fingerprint density at radius 3 is 2.65 bits per heavy atom. The molecule has 1 fully saturated rings. The van der Waals surface area contributed by atoms with Crippen molar-refractivity contribution in [2.24, 2.45) is 5.92 Å². The highest BCUT2D eigenvalue weighted by molar-refractivity contribution is 5.74. The van der Waals surface area contributed by atoms with Gasteiger partial charge in [-0.25, -0.2) is 4.79 Å². The second-order valence-electron chi connectivity index (χ2n) is 6.19. The summed E-state index contributed by atoms with van der Waals surface area (Å²) in [4.78, 5) is 14.2. The van der Waals surface area contributed by atoms with Crippen LogP contribution in [0.4, 0.5) is 4.79 Å². The van der Waals surface area contributed by atoms with Crippen LogP contribution in [0.5, 0.6) is 0 Å². The van der Waals surface area contributed by atoms with Gasteiger partial charge < -0.3 is 20.1 Å². The Morgan fingerprint density at radius 1 is 1.35 bits per heavy atom. The Morgan fingerprint density at radius 2 is 2.04 bits per heavy atom. The largest absolute Gasteiger partial charge is 0.396 e. The molecule has 2 N–H and O–H groups in total. The number of ether oxygens (including phenoxy) is 1. The number of aliphatic hydroxyl groups is 1. The molecule has 1 aliphatic rings. The summed E-state index contributed by atoms with van der Waals surface area (Å²) in [5, 5.41) is 12.3. The van der Waals surface area contributed by atoms with Gasteiger partial charge in [-0.15, -0.1) is 0 Å². The lowest BCUT2D eigenvalue weighted by Gasteiger charge is -2.32. The van der Waals surface area contributed by atoms with E-state index >= 15 is 0 Å². The van der Waals surface area contributed by atoms with Gasteiger partial charge in [-0.3, -0.25) is 0 Å².